The van der Waals surface area contributed by atoms with Gasteiger partial charge >= 0.3 is 0 Å². The number of phenols is 5. The van der Waals surface area contributed by atoms with Gasteiger partial charge in [-0.2, -0.15) is 0 Å². The van der Waals surface area contributed by atoms with Crippen LogP contribution in [-0.2, 0) is 6.54 Å². The predicted octanol–water partition coefficient (Wildman–Crippen LogP) is 4.39. The Kier molecular flexibility index (Phi) is 8.43. The van der Waals surface area contributed by atoms with Gasteiger partial charge in [-0.05, 0) is 68.1 Å². The van der Waals surface area contributed by atoms with Crippen molar-refractivity contribution in [3.05, 3.63) is 44.3 Å². The molecule has 0 unspecified atom stereocenters. The first-order valence-corrected chi connectivity index (χ1v) is 8.89. The largest absolute Gasteiger partial charge is 0.504 e. The third-order valence-electron chi connectivity index (χ3n) is 2.96. The summed E-state index contributed by atoms with van der Waals surface area (Å²) in [4.78, 5) is 0. The number of hydrogen-bond donors (Lipinski definition) is 7. The first-order valence-electron chi connectivity index (χ1n) is 6.86. The summed E-state index contributed by atoms with van der Waals surface area (Å²) in [6.07, 6.45) is 3.70. The van der Waals surface area contributed by atoms with E-state index in [0.29, 0.717) is 21.1 Å². The average Bonchev–Trinajstić information content (AvgIpc) is 2.56. The third-order valence-corrected chi connectivity index (χ3v) is 4.61. The molecule has 0 bridgehead atoms. The van der Waals surface area contributed by atoms with Crippen LogP contribution in [0.15, 0.2) is 33.2 Å². The topological polar surface area (TPSA) is 113 Å². The highest BCUT2D eigenvalue weighted by Crippen LogP contribution is 2.42. The van der Waals surface area contributed by atoms with Crippen molar-refractivity contribution in [2.24, 2.45) is 0 Å². The standard InChI is InChI=1S/C9H9BrO2.C7H8BrNO3S/c1-2-3-6-4-7(10)9(12)8(11)5-6;8-5-3(2-9-13)1-4(10)6(11)7(5)12/h2-5,11-12H,1H3;1,9-13H,2H2/b3-2+;. The van der Waals surface area contributed by atoms with Gasteiger partial charge in [0.2, 0.25) is 5.75 Å². The monoisotopic (exact) mass is 493 g/mol. The second-order valence-electron chi connectivity index (χ2n) is 4.77. The lowest BCUT2D eigenvalue weighted by Crippen LogP contribution is -1.99. The van der Waals surface area contributed by atoms with Crippen molar-refractivity contribution in [2.75, 3.05) is 0 Å². The zero-order valence-corrected chi connectivity index (χ0v) is 17.1. The van der Waals surface area contributed by atoms with E-state index in [1.54, 1.807) is 6.07 Å². The molecule has 0 radical (unpaired) electrons. The van der Waals surface area contributed by atoms with Crippen LogP contribution in [0.25, 0.3) is 6.08 Å². The number of halogens is 2. The summed E-state index contributed by atoms with van der Waals surface area (Å²) in [5.41, 5.74) is 1.45. The Balaban J connectivity index is 0.000000251. The maximum Gasteiger partial charge on any atom is 0.201 e. The van der Waals surface area contributed by atoms with Gasteiger partial charge in [0.1, 0.15) is 0 Å². The number of nitrogens with one attached hydrogen (secondary N) is 1. The lowest BCUT2D eigenvalue weighted by Gasteiger charge is -2.08. The molecule has 0 saturated carbocycles. The molecule has 0 atom stereocenters. The van der Waals surface area contributed by atoms with Crippen molar-refractivity contribution in [2.45, 2.75) is 13.5 Å². The highest BCUT2D eigenvalue weighted by atomic mass is 79.9. The molecule has 2 aromatic rings. The van der Waals surface area contributed by atoms with Gasteiger partial charge in [-0.3, -0.25) is 4.72 Å². The molecule has 0 aliphatic rings. The molecular formula is C16H17Br2NO5S. The second kappa shape index (κ2) is 9.81. The van der Waals surface area contributed by atoms with Crippen molar-refractivity contribution >= 4 is 50.8 Å². The van der Waals surface area contributed by atoms with Gasteiger partial charge in [0.15, 0.2) is 23.0 Å². The van der Waals surface area contributed by atoms with Crippen LogP contribution in [-0.4, -0.2) is 25.5 Å². The summed E-state index contributed by atoms with van der Waals surface area (Å²) in [5, 5.41) is 45.9. The molecule has 0 heterocycles. The predicted molar refractivity (Wildman–Crippen MR) is 107 cm³/mol. The molecule has 136 valence electrons. The van der Waals surface area contributed by atoms with Crippen molar-refractivity contribution < 1.29 is 25.5 Å². The fourth-order valence-electron chi connectivity index (χ4n) is 1.78. The van der Waals surface area contributed by atoms with Crippen LogP contribution in [0.5, 0.6) is 28.7 Å². The molecule has 6 N–H and O–H groups in total. The fraction of sp³-hybridized carbons (Fsp3) is 0.125. The van der Waals surface area contributed by atoms with Crippen LogP contribution in [0, 0.1) is 0 Å². The van der Waals surface area contributed by atoms with Crippen LogP contribution >= 0.6 is 44.7 Å². The van der Waals surface area contributed by atoms with Gasteiger partial charge in [0, 0.05) is 6.54 Å². The van der Waals surface area contributed by atoms with Crippen LogP contribution < -0.4 is 4.72 Å². The molecule has 0 aromatic heterocycles. The van der Waals surface area contributed by atoms with E-state index in [0.717, 1.165) is 5.56 Å². The summed E-state index contributed by atoms with van der Waals surface area (Å²) in [6, 6.07) is 4.57. The van der Waals surface area contributed by atoms with Gasteiger partial charge in [-0.15, -0.1) is 0 Å². The van der Waals surface area contributed by atoms with E-state index >= 15 is 0 Å². The van der Waals surface area contributed by atoms with Gasteiger partial charge in [-0.25, -0.2) is 0 Å². The smallest absolute Gasteiger partial charge is 0.201 e. The van der Waals surface area contributed by atoms with E-state index in [2.05, 4.69) is 49.4 Å². The third kappa shape index (κ3) is 5.74. The molecule has 0 aliphatic carbocycles. The summed E-state index contributed by atoms with van der Waals surface area (Å²) < 4.78 is 3.39. The molecular weight excluding hydrogens is 478 g/mol. The molecule has 0 amide bonds. The lowest BCUT2D eigenvalue weighted by molar-refractivity contribution is 0.365. The first-order chi connectivity index (χ1) is 11.7. The molecule has 9 heteroatoms. The molecule has 0 fully saturated rings. The minimum atomic E-state index is -0.533. The molecule has 2 aromatic carbocycles. The first kappa shape index (κ1) is 21.5. The average molecular weight is 495 g/mol. The molecule has 2 rings (SSSR count). The Morgan fingerprint density at radius 3 is 2.08 bits per heavy atom. The summed E-state index contributed by atoms with van der Waals surface area (Å²) in [5.74, 6) is -1.51. The SMILES string of the molecule is C/C=C/c1cc(O)c(O)c(Br)c1.Oc1cc(CNS)c(Br)c(O)c1O. The van der Waals surface area contributed by atoms with Crippen LogP contribution in [0.1, 0.15) is 18.1 Å². The highest BCUT2D eigenvalue weighted by Gasteiger charge is 2.14. The van der Waals surface area contributed by atoms with E-state index in [4.69, 9.17) is 10.2 Å². The highest BCUT2D eigenvalue weighted by molar-refractivity contribution is 9.11. The van der Waals surface area contributed by atoms with Gasteiger partial charge in [-0.1, -0.05) is 25.0 Å². The molecule has 6 nitrogen and oxygen atoms in total. The number of thiol groups is 1. The molecule has 25 heavy (non-hydrogen) atoms. The van der Waals surface area contributed by atoms with E-state index in [1.165, 1.54) is 12.1 Å². The Bertz CT molecular complexity index is 761. The lowest BCUT2D eigenvalue weighted by atomic mass is 10.2. The number of hydrogen-bond acceptors (Lipinski definition) is 7. The summed E-state index contributed by atoms with van der Waals surface area (Å²) in [6.45, 7) is 2.24. The van der Waals surface area contributed by atoms with Crippen molar-refractivity contribution in [1.82, 2.24) is 4.72 Å². The van der Waals surface area contributed by atoms with Crippen LogP contribution in [0.4, 0.5) is 0 Å². The van der Waals surface area contributed by atoms with Gasteiger partial charge in [0.05, 0.1) is 8.95 Å². The second-order valence-corrected chi connectivity index (χ2v) is 6.73. The van der Waals surface area contributed by atoms with E-state index in [-0.39, 0.29) is 23.0 Å². The quantitative estimate of drug-likeness (QED) is 0.251. The molecule has 0 saturated heterocycles. The number of allylic oxidation sites excluding steroid dienone is 1. The summed E-state index contributed by atoms with van der Waals surface area (Å²) in [7, 11) is 0. The fourth-order valence-corrected chi connectivity index (χ4v) is 2.86. The summed E-state index contributed by atoms with van der Waals surface area (Å²) >= 11 is 9.97. The maximum absolute atomic E-state index is 9.28. The number of phenolic OH excluding ortho intramolecular Hbond substituents is 5. The molecule has 0 spiro atoms. The van der Waals surface area contributed by atoms with Crippen molar-refractivity contribution in [3.8, 4) is 28.7 Å². The van der Waals surface area contributed by atoms with Crippen LogP contribution in [0.2, 0.25) is 0 Å². The number of aromatic hydroxyl groups is 5. The number of benzene rings is 2. The number of rotatable bonds is 3. The minimum absolute atomic E-state index is 0.113. The Hall–Kier alpha value is -1.55. The molecule has 0 aliphatic heterocycles. The zero-order chi connectivity index (χ0) is 19.1. The van der Waals surface area contributed by atoms with Gasteiger partial charge < -0.3 is 25.5 Å². The van der Waals surface area contributed by atoms with Crippen LogP contribution in [0.3, 0.4) is 0 Å². The van der Waals surface area contributed by atoms with E-state index in [1.807, 2.05) is 19.1 Å². The van der Waals surface area contributed by atoms with Gasteiger partial charge in [0.25, 0.3) is 0 Å². The Labute approximate surface area is 167 Å². The van der Waals surface area contributed by atoms with E-state index < -0.39 is 5.75 Å². The minimum Gasteiger partial charge on any atom is -0.504 e. The van der Waals surface area contributed by atoms with Crippen molar-refractivity contribution in [3.63, 3.8) is 0 Å². The Morgan fingerprint density at radius 2 is 1.56 bits per heavy atom. The van der Waals surface area contributed by atoms with E-state index in [9.17, 15) is 15.3 Å². The zero-order valence-electron chi connectivity index (χ0n) is 13.0. The normalized spacial score (nSPS) is 10.6. The van der Waals surface area contributed by atoms with Crippen molar-refractivity contribution in [1.29, 1.82) is 0 Å². The Morgan fingerprint density at radius 1 is 0.960 bits per heavy atom. The maximum atomic E-state index is 9.28.